The summed E-state index contributed by atoms with van der Waals surface area (Å²) in [5.74, 6) is -0.270. The molecule has 11 atom stereocenters. The van der Waals surface area contributed by atoms with Gasteiger partial charge in [0.05, 0.1) is 44.5 Å². The van der Waals surface area contributed by atoms with Gasteiger partial charge in [-0.25, -0.2) is 0 Å². The molecule has 67 heavy (non-hydrogen) atoms. The van der Waals surface area contributed by atoms with E-state index in [-0.39, 0.29) is 61.2 Å². The van der Waals surface area contributed by atoms with Gasteiger partial charge < -0.3 is 52.0 Å². The first-order valence-corrected chi connectivity index (χ1v) is 25.9. The summed E-state index contributed by atoms with van der Waals surface area (Å²) in [6.45, 7) is 14.3. The van der Waals surface area contributed by atoms with Crippen molar-refractivity contribution in [3.8, 4) is 0 Å². The van der Waals surface area contributed by atoms with Gasteiger partial charge in [0.25, 0.3) is 0 Å². The van der Waals surface area contributed by atoms with Crippen molar-refractivity contribution in [1.82, 2.24) is 24.9 Å². The summed E-state index contributed by atoms with van der Waals surface area (Å²) in [7, 11) is 0. The topological polar surface area (TPSA) is 260 Å². The minimum absolute atomic E-state index is 0.0296. The van der Waals surface area contributed by atoms with E-state index in [4.69, 9.17) is 31.4 Å². The van der Waals surface area contributed by atoms with Gasteiger partial charge in [-0.2, -0.15) is 0 Å². The summed E-state index contributed by atoms with van der Waals surface area (Å²) in [6, 6.07) is 0. The third-order valence-electron chi connectivity index (χ3n) is 17.0. The van der Waals surface area contributed by atoms with E-state index in [1.807, 2.05) is 4.90 Å². The maximum Gasteiger partial charge on any atom is 0.317 e. The largest absolute Gasteiger partial charge is 0.480 e. The second-order valence-corrected chi connectivity index (χ2v) is 21.2. The van der Waals surface area contributed by atoms with Gasteiger partial charge in [-0.3, -0.25) is 38.8 Å². The number of carbonyl (C=O) groups excluding carboxylic acids is 1. The Labute approximate surface area is 400 Å². The van der Waals surface area contributed by atoms with Crippen LogP contribution in [0.15, 0.2) is 0 Å². The molecule has 4 saturated carbocycles. The molecule has 4 aliphatic carbocycles. The number of nitrogens with two attached hydrogens (primary N) is 3. The number of carboxylic acids is 3. The lowest BCUT2D eigenvalue weighted by atomic mass is 9.43. The predicted molar refractivity (Wildman–Crippen MR) is 256 cm³/mol. The van der Waals surface area contributed by atoms with Crippen molar-refractivity contribution in [3.05, 3.63) is 0 Å². The number of amides is 1. The number of hydrogen-bond acceptors (Lipinski definition) is 14. The molecule has 5 aliphatic rings. The van der Waals surface area contributed by atoms with E-state index in [1.54, 1.807) is 14.7 Å². The molecule has 386 valence electrons. The van der Waals surface area contributed by atoms with Crippen LogP contribution in [-0.2, 0) is 33.4 Å². The Hall–Kier alpha value is -2.52. The third-order valence-corrected chi connectivity index (χ3v) is 17.0. The summed E-state index contributed by atoms with van der Waals surface area (Å²) in [5, 5.41) is 31.8. The highest BCUT2D eigenvalue weighted by Gasteiger charge is 2.66. The number of carbonyl (C=O) groups is 4. The zero-order chi connectivity index (χ0) is 48.6. The van der Waals surface area contributed by atoms with Crippen LogP contribution in [0.3, 0.4) is 0 Å². The van der Waals surface area contributed by atoms with Crippen LogP contribution in [0.25, 0.3) is 0 Å². The molecule has 0 spiro atoms. The fourth-order valence-corrected chi connectivity index (χ4v) is 13.5. The molecule has 5 rings (SSSR count). The van der Waals surface area contributed by atoms with Crippen molar-refractivity contribution in [1.29, 1.82) is 0 Å². The molecule has 18 heteroatoms. The Balaban J connectivity index is 1.23. The monoisotopic (exact) mass is 951 g/mol. The third kappa shape index (κ3) is 15.5. The first-order chi connectivity index (χ1) is 32.1. The van der Waals surface area contributed by atoms with Gasteiger partial charge in [-0.1, -0.05) is 20.8 Å². The molecule has 5 fully saturated rings. The van der Waals surface area contributed by atoms with Crippen LogP contribution >= 0.6 is 0 Å². The average molecular weight is 951 g/mol. The van der Waals surface area contributed by atoms with Crippen LogP contribution in [0, 0.1) is 46.3 Å². The Kier molecular flexibility index (Phi) is 22.5. The molecule has 0 aromatic rings. The Morgan fingerprint density at radius 1 is 0.642 bits per heavy atom. The van der Waals surface area contributed by atoms with Crippen LogP contribution in [0.2, 0.25) is 0 Å². The average Bonchev–Trinajstić information content (AvgIpc) is 3.64. The number of carboxylic acid groups (broad SMARTS) is 3. The highest BCUT2D eigenvalue weighted by molar-refractivity contribution is 5.78. The van der Waals surface area contributed by atoms with Gasteiger partial charge in [-0.05, 0) is 138 Å². The second-order valence-electron chi connectivity index (χ2n) is 21.2. The molecule has 0 radical (unpaired) electrons. The highest BCUT2D eigenvalue weighted by atomic mass is 16.5. The van der Waals surface area contributed by atoms with Crippen molar-refractivity contribution in [3.63, 3.8) is 0 Å². The van der Waals surface area contributed by atoms with Crippen LogP contribution in [0.5, 0.6) is 0 Å². The molecule has 18 nitrogen and oxygen atoms in total. The lowest BCUT2D eigenvalue weighted by Gasteiger charge is -2.65. The lowest BCUT2D eigenvalue weighted by Crippen LogP contribution is -2.63. The van der Waals surface area contributed by atoms with Crippen LogP contribution < -0.4 is 22.5 Å². The lowest BCUT2D eigenvalue weighted by molar-refractivity contribution is -0.227. The molecular weight excluding hydrogens is 861 g/mol. The molecule has 1 heterocycles. The molecule has 6 unspecified atom stereocenters. The summed E-state index contributed by atoms with van der Waals surface area (Å²) >= 11 is 0. The minimum atomic E-state index is -1.00. The summed E-state index contributed by atoms with van der Waals surface area (Å²) in [5.41, 5.74) is 18.0. The van der Waals surface area contributed by atoms with Crippen molar-refractivity contribution >= 4 is 23.8 Å². The van der Waals surface area contributed by atoms with Crippen molar-refractivity contribution in [2.24, 2.45) is 63.5 Å². The maximum atomic E-state index is 13.5. The first-order valence-electron chi connectivity index (χ1n) is 25.9. The highest BCUT2D eigenvalue weighted by Crippen LogP contribution is 2.69. The molecule has 1 aliphatic heterocycles. The Bertz CT molecular complexity index is 1520. The van der Waals surface area contributed by atoms with Gasteiger partial charge >= 0.3 is 17.9 Å². The van der Waals surface area contributed by atoms with Crippen molar-refractivity contribution in [2.75, 3.05) is 125 Å². The number of hydrogen-bond donors (Lipinski definition) is 7. The molecule has 1 amide bonds. The quantitative estimate of drug-likeness (QED) is 0.0647. The van der Waals surface area contributed by atoms with Gasteiger partial charge in [0, 0.05) is 84.1 Å². The summed E-state index contributed by atoms with van der Waals surface area (Å²) in [4.78, 5) is 55.8. The molecule has 10 N–H and O–H groups in total. The zero-order valence-corrected chi connectivity index (χ0v) is 41.3. The maximum absolute atomic E-state index is 13.5. The van der Waals surface area contributed by atoms with E-state index < -0.39 is 17.9 Å². The fraction of sp³-hybridized carbons (Fsp3) is 0.918. The van der Waals surface area contributed by atoms with Crippen LogP contribution in [-0.4, -0.2) is 202 Å². The normalized spacial score (nSPS) is 33.1. The molecule has 1 saturated heterocycles. The van der Waals surface area contributed by atoms with Crippen molar-refractivity contribution < 1.29 is 48.7 Å². The van der Waals surface area contributed by atoms with Gasteiger partial charge in [0.2, 0.25) is 5.91 Å². The van der Waals surface area contributed by atoms with Gasteiger partial charge in [-0.15, -0.1) is 0 Å². The summed E-state index contributed by atoms with van der Waals surface area (Å²) in [6.07, 6.45) is 12.7. The smallest absolute Gasteiger partial charge is 0.317 e. The van der Waals surface area contributed by atoms with E-state index in [0.29, 0.717) is 127 Å². The molecule has 0 aromatic heterocycles. The van der Waals surface area contributed by atoms with E-state index in [0.717, 1.165) is 83.7 Å². The number of nitrogens with one attached hydrogen (secondary N) is 1. The SMILES string of the molecule is C[C@H](CCCNC(=O)CN1CCN(CC(=O)O)CCN(CC(=O)O)CCN(CC(=O)O)CC1)C1CCC2C3[C@H](OCCCN)CC4C[C@H](OCCCN)CCC4(C)[C@H]3C[C@H](OCCCN)C21C. The van der Waals surface area contributed by atoms with E-state index >= 15 is 0 Å². The number of fused-ring (bicyclic) bond motifs is 5. The fourth-order valence-electron chi connectivity index (χ4n) is 13.5. The van der Waals surface area contributed by atoms with Crippen LogP contribution in [0.4, 0.5) is 0 Å². The van der Waals surface area contributed by atoms with Crippen molar-refractivity contribution in [2.45, 2.75) is 116 Å². The molecule has 0 aromatic carbocycles. The Morgan fingerprint density at radius 3 is 1.67 bits per heavy atom. The molecule has 0 bridgehead atoms. The standard InChI is InChI=1S/C49H90N8O10/c1-35(8-4-16-53-43(58)31-54-17-19-55(32-44(59)60)21-23-57(34-46(63)64)24-22-56(20-18-54)33-45(61)62)38-9-10-39-47-40(30-42(49(38,39)3)67-27-7-15-52)48(2)12-11-37(65-25-5-13-50)28-36(48)29-41(47)66-26-6-14-51/h35-42,47H,4-34,50-52H2,1-3H3,(H,53,58)(H,59,60)(H,61,62)(H,63,64)/t35-,36?,37-,38?,39?,40+,41-,42+,47?,48?,49?/m1/s1. The van der Waals surface area contributed by atoms with E-state index in [2.05, 4.69) is 26.1 Å². The van der Waals surface area contributed by atoms with Gasteiger partial charge in [0.1, 0.15) is 0 Å². The number of nitrogens with zero attached hydrogens (tertiary/aromatic N) is 4. The first kappa shape index (κ1) is 55.4. The minimum Gasteiger partial charge on any atom is -0.480 e. The number of aliphatic carboxylic acids is 3. The van der Waals surface area contributed by atoms with Crippen LogP contribution in [0.1, 0.15) is 97.8 Å². The van der Waals surface area contributed by atoms with Gasteiger partial charge in [0.15, 0.2) is 0 Å². The second kappa shape index (κ2) is 27.2. The number of ether oxygens (including phenoxy) is 3. The molecular formula is C49H90N8O10. The van der Waals surface area contributed by atoms with E-state index in [1.165, 1.54) is 0 Å². The summed E-state index contributed by atoms with van der Waals surface area (Å²) < 4.78 is 20.4. The van der Waals surface area contributed by atoms with E-state index in [9.17, 15) is 34.5 Å². The Morgan fingerprint density at radius 2 is 1.15 bits per heavy atom. The zero-order valence-electron chi connectivity index (χ0n) is 41.3. The number of rotatable bonds is 25. The predicted octanol–water partition coefficient (Wildman–Crippen LogP) is 2.07.